The predicted molar refractivity (Wildman–Crippen MR) is 144 cm³/mol. The van der Waals surface area contributed by atoms with Gasteiger partial charge in [0, 0.05) is 5.41 Å². The highest BCUT2D eigenvalue weighted by Crippen LogP contribution is 2.48. The van der Waals surface area contributed by atoms with Crippen molar-refractivity contribution in [3.63, 3.8) is 0 Å². The van der Waals surface area contributed by atoms with Crippen LogP contribution in [0, 0.1) is 0 Å². The second kappa shape index (κ2) is 8.15. The Balaban J connectivity index is 1.33. The molecule has 0 saturated heterocycles. The molecular weight excluding hydrogens is 408 g/mol. The SMILES string of the molecule is CC1(C)c2ccccc2-c2ccc(Cc3ccccc3-c3ccc(-c4ccccc4)cc3)cc21. The van der Waals surface area contributed by atoms with Gasteiger partial charge in [-0.1, -0.05) is 135 Å². The molecule has 0 unspecified atom stereocenters. The minimum absolute atomic E-state index is 0.0364. The summed E-state index contributed by atoms with van der Waals surface area (Å²) in [6.07, 6.45) is 0.927. The lowest BCUT2D eigenvalue weighted by Crippen LogP contribution is -2.15. The zero-order valence-corrected chi connectivity index (χ0v) is 19.8. The first kappa shape index (κ1) is 20.7. The average molecular weight is 437 g/mol. The minimum Gasteiger partial charge on any atom is -0.0622 e. The van der Waals surface area contributed by atoms with Gasteiger partial charge in [-0.2, -0.15) is 0 Å². The molecule has 0 bridgehead atoms. The summed E-state index contributed by atoms with van der Waals surface area (Å²) in [5.74, 6) is 0. The number of fused-ring (bicyclic) bond motifs is 3. The summed E-state index contributed by atoms with van der Waals surface area (Å²) in [4.78, 5) is 0. The average Bonchev–Trinajstić information content (AvgIpc) is 3.12. The molecule has 0 amide bonds. The van der Waals surface area contributed by atoms with Crippen molar-refractivity contribution in [1.82, 2.24) is 0 Å². The van der Waals surface area contributed by atoms with Gasteiger partial charge in [0.15, 0.2) is 0 Å². The molecule has 0 aliphatic heterocycles. The van der Waals surface area contributed by atoms with Crippen LogP contribution in [0.15, 0.2) is 121 Å². The van der Waals surface area contributed by atoms with Crippen LogP contribution < -0.4 is 0 Å². The molecule has 0 atom stereocenters. The van der Waals surface area contributed by atoms with E-state index in [0.717, 1.165) is 6.42 Å². The normalized spacial score (nSPS) is 13.4. The highest BCUT2D eigenvalue weighted by atomic mass is 14.4. The van der Waals surface area contributed by atoms with Crippen molar-refractivity contribution < 1.29 is 0 Å². The van der Waals surface area contributed by atoms with Crippen LogP contribution in [0.4, 0.5) is 0 Å². The van der Waals surface area contributed by atoms with Gasteiger partial charge in [-0.3, -0.25) is 0 Å². The molecule has 1 aliphatic carbocycles. The quantitative estimate of drug-likeness (QED) is 0.264. The lowest BCUT2D eigenvalue weighted by Gasteiger charge is -2.22. The Morgan fingerprint density at radius 2 is 1.06 bits per heavy atom. The van der Waals surface area contributed by atoms with Gasteiger partial charge in [-0.25, -0.2) is 0 Å². The molecular formula is C34H28. The van der Waals surface area contributed by atoms with E-state index in [1.807, 2.05) is 0 Å². The number of hydrogen-bond acceptors (Lipinski definition) is 0. The van der Waals surface area contributed by atoms with Gasteiger partial charge in [0.25, 0.3) is 0 Å². The smallest absolute Gasteiger partial charge is 0.0158 e. The van der Waals surface area contributed by atoms with Crippen molar-refractivity contribution in [2.45, 2.75) is 25.7 Å². The van der Waals surface area contributed by atoms with Crippen molar-refractivity contribution in [2.24, 2.45) is 0 Å². The van der Waals surface area contributed by atoms with E-state index in [0.29, 0.717) is 0 Å². The Morgan fingerprint density at radius 1 is 0.471 bits per heavy atom. The lowest BCUT2D eigenvalue weighted by atomic mass is 9.81. The fourth-order valence-electron chi connectivity index (χ4n) is 5.51. The van der Waals surface area contributed by atoms with E-state index in [2.05, 4.69) is 135 Å². The standard InChI is InChI=1S/C34H28/c1-34(2)32-15-9-8-14-30(32)31-21-16-24(23-33(31)34)22-28-12-6-7-13-29(28)27-19-17-26(18-20-27)25-10-4-3-5-11-25/h3-21,23H,22H2,1-2H3. The fraction of sp³-hybridized carbons (Fsp3) is 0.118. The van der Waals surface area contributed by atoms with Crippen LogP contribution in [0.5, 0.6) is 0 Å². The molecule has 0 nitrogen and oxygen atoms in total. The second-order valence-corrected chi connectivity index (χ2v) is 9.83. The molecule has 0 spiro atoms. The maximum absolute atomic E-state index is 2.44. The summed E-state index contributed by atoms with van der Waals surface area (Å²) < 4.78 is 0. The van der Waals surface area contributed by atoms with Crippen molar-refractivity contribution >= 4 is 0 Å². The Hall–Kier alpha value is -3.90. The fourth-order valence-corrected chi connectivity index (χ4v) is 5.51. The molecule has 34 heavy (non-hydrogen) atoms. The van der Waals surface area contributed by atoms with Gasteiger partial charge in [-0.05, 0) is 62.1 Å². The summed E-state index contributed by atoms with van der Waals surface area (Å²) >= 11 is 0. The third-order valence-electron chi connectivity index (χ3n) is 7.36. The van der Waals surface area contributed by atoms with E-state index in [4.69, 9.17) is 0 Å². The second-order valence-electron chi connectivity index (χ2n) is 9.83. The third kappa shape index (κ3) is 3.47. The summed E-state index contributed by atoms with van der Waals surface area (Å²) in [6, 6.07) is 44.3. The van der Waals surface area contributed by atoms with E-state index in [1.165, 1.54) is 55.6 Å². The molecule has 164 valence electrons. The summed E-state index contributed by atoms with van der Waals surface area (Å²) in [5, 5.41) is 0. The van der Waals surface area contributed by atoms with Gasteiger partial charge in [0.05, 0.1) is 0 Å². The zero-order chi connectivity index (χ0) is 23.1. The maximum atomic E-state index is 2.44. The minimum atomic E-state index is 0.0364. The molecule has 0 N–H and O–H groups in total. The Labute approximate surface area is 202 Å². The van der Waals surface area contributed by atoms with Crippen LogP contribution in [0.2, 0.25) is 0 Å². The van der Waals surface area contributed by atoms with Crippen LogP contribution in [0.25, 0.3) is 33.4 Å². The van der Waals surface area contributed by atoms with Gasteiger partial charge in [-0.15, -0.1) is 0 Å². The van der Waals surface area contributed by atoms with E-state index in [9.17, 15) is 0 Å². The van der Waals surface area contributed by atoms with Gasteiger partial charge >= 0.3 is 0 Å². The van der Waals surface area contributed by atoms with Crippen molar-refractivity contribution in [1.29, 1.82) is 0 Å². The largest absolute Gasteiger partial charge is 0.0622 e. The summed E-state index contributed by atoms with van der Waals surface area (Å²) in [6.45, 7) is 4.70. The summed E-state index contributed by atoms with van der Waals surface area (Å²) in [7, 11) is 0. The van der Waals surface area contributed by atoms with Crippen molar-refractivity contribution in [2.75, 3.05) is 0 Å². The van der Waals surface area contributed by atoms with Crippen LogP contribution in [-0.4, -0.2) is 0 Å². The molecule has 0 heterocycles. The highest BCUT2D eigenvalue weighted by Gasteiger charge is 2.35. The molecule has 5 aromatic rings. The van der Waals surface area contributed by atoms with Crippen LogP contribution in [-0.2, 0) is 11.8 Å². The first-order valence-electron chi connectivity index (χ1n) is 12.1. The Bertz CT molecular complexity index is 1470. The number of benzene rings is 5. The zero-order valence-electron chi connectivity index (χ0n) is 19.8. The predicted octanol–water partition coefficient (Wildman–Crippen LogP) is 8.92. The Morgan fingerprint density at radius 3 is 1.85 bits per heavy atom. The number of rotatable bonds is 4. The molecule has 0 radical (unpaired) electrons. The molecule has 5 aromatic carbocycles. The van der Waals surface area contributed by atoms with Crippen LogP contribution in [0.3, 0.4) is 0 Å². The highest BCUT2D eigenvalue weighted by molar-refractivity contribution is 5.81. The Kier molecular flexibility index (Phi) is 4.96. The van der Waals surface area contributed by atoms with E-state index < -0.39 is 0 Å². The van der Waals surface area contributed by atoms with Crippen LogP contribution in [0.1, 0.15) is 36.1 Å². The van der Waals surface area contributed by atoms with Gasteiger partial charge in [0.2, 0.25) is 0 Å². The molecule has 0 fully saturated rings. The topological polar surface area (TPSA) is 0 Å². The first-order valence-corrected chi connectivity index (χ1v) is 12.1. The molecule has 0 aromatic heterocycles. The summed E-state index contributed by atoms with van der Waals surface area (Å²) in [5.41, 5.74) is 13.5. The molecule has 6 rings (SSSR count). The van der Waals surface area contributed by atoms with Crippen molar-refractivity contribution in [3.8, 4) is 33.4 Å². The molecule has 0 saturated carbocycles. The van der Waals surface area contributed by atoms with Gasteiger partial charge in [0.1, 0.15) is 0 Å². The monoisotopic (exact) mass is 436 g/mol. The van der Waals surface area contributed by atoms with Gasteiger partial charge < -0.3 is 0 Å². The molecule has 1 aliphatic rings. The number of hydrogen-bond donors (Lipinski definition) is 0. The lowest BCUT2D eigenvalue weighted by molar-refractivity contribution is 0.659. The molecule has 0 heteroatoms. The van der Waals surface area contributed by atoms with Crippen LogP contribution >= 0.6 is 0 Å². The van der Waals surface area contributed by atoms with E-state index in [1.54, 1.807) is 0 Å². The first-order chi connectivity index (χ1) is 16.6. The maximum Gasteiger partial charge on any atom is 0.0158 e. The van der Waals surface area contributed by atoms with E-state index >= 15 is 0 Å². The third-order valence-corrected chi connectivity index (χ3v) is 7.36. The van der Waals surface area contributed by atoms with Crippen molar-refractivity contribution in [3.05, 3.63) is 144 Å². The van der Waals surface area contributed by atoms with E-state index in [-0.39, 0.29) is 5.41 Å².